The van der Waals surface area contributed by atoms with Gasteiger partial charge >= 0.3 is 0 Å². The zero-order valence-electron chi connectivity index (χ0n) is 9.12. The maximum atomic E-state index is 11.0. The van der Waals surface area contributed by atoms with Crippen LogP contribution in [-0.2, 0) is 4.79 Å². The van der Waals surface area contributed by atoms with Crippen molar-refractivity contribution in [3.63, 3.8) is 0 Å². The van der Waals surface area contributed by atoms with Gasteiger partial charge in [-0.15, -0.1) is 0 Å². The van der Waals surface area contributed by atoms with Crippen LogP contribution in [0.2, 0.25) is 0 Å². The van der Waals surface area contributed by atoms with E-state index in [1.165, 1.54) is 12.8 Å². The molecule has 1 saturated heterocycles. The molecule has 1 amide bonds. The summed E-state index contributed by atoms with van der Waals surface area (Å²) in [5, 5.41) is 2.95. The van der Waals surface area contributed by atoms with Crippen molar-refractivity contribution in [1.82, 2.24) is 10.2 Å². The molecule has 82 valence electrons. The van der Waals surface area contributed by atoms with Crippen LogP contribution in [0, 0.1) is 5.92 Å². The van der Waals surface area contributed by atoms with Crippen molar-refractivity contribution in [3.05, 3.63) is 0 Å². The van der Waals surface area contributed by atoms with E-state index in [4.69, 9.17) is 5.73 Å². The molecule has 0 aliphatic carbocycles. The smallest absolute Gasteiger partial charge is 0.235 e. The minimum atomic E-state index is -0.257. The van der Waals surface area contributed by atoms with Crippen LogP contribution in [0.4, 0.5) is 0 Å². The number of likely N-dealkylation sites (tertiary alicyclic amines) is 1. The summed E-state index contributed by atoms with van der Waals surface area (Å²) >= 11 is 0. The number of likely N-dealkylation sites (N-methyl/N-ethyl adjacent to an activating group) is 1. The molecule has 1 heterocycles. The van der Waals surface area contributed by atoms with E-state index < -0.39 is 0 Å². The molecule has 0 aromatic rings. The number of hydrogen-bond acceptors (Lipinski definition) is 3. The number of nitrogens with two attached hydrogens (primary N) is 1. The molecule has 3 N–H and O–H groups in total. The number of nitrogens with one attached hydrogen (secondary N) is 1. The lowest BCUT2D eigenvalue weighted by Crippen LogP contribution is -2.47. The molecule has 0 saturated carbocycles. The van der Waals surface area contributed by atoms with Crippen LogP contribution in [0.3, 0.4) is 0 Å². The summed E-state index contributed by atoms with van der Waals surface area (Å²) in [6, 6.07) is -0.203. The van der Waals surface area contributed by atoms with Gasteiger partial charge in [-0.1, -0.05) is 13.3 Å². The minimum absolute atomic E-state index is 0.203. The van der Waals surface area contributed by atoms with E-state index >= 15 is 0 Å². The van der Waals surface area contributed by atoms with Gasteiger partial charge in [0.05, 0.1) is 6.04 Å². The zero-order chi connectivity index (χ0) is 10.6. The largest absolute Gasteiger partial charge is 0.368 e. The highest BCUT2D eigenvalue weighted by Gasteiger charge is 2.24. The van der Waals surface area contributed by atoms with E-state index in [9.17, 15) is 4.79 Å². The van der Waals surface area contributed by atoms with Gasteiger partial charge < -0.3 is 16.0 Å². The molecule has 0 aromatic carbocycles. The molecule has 4 heteroatoms. The first-order valence-electron chi connectivity index (χ1n) is 5.36. The Morgan fingerprint density at radius 1 is 1.71 bits per heavy atom. The Kier molecular flexibility index (Phi) is 4.35. The van der Waals surface area contributed by atoms with Gasteiger partial charge in [0.15, 0.2) is 0 Å². The number of primary amides is 1. The molecule has 1 aliphatic heterocycles. The highest BCUT2D eigenvalue weighted by atomic mass is 16.1. The summed E-state index contributed by atoms with van der Waals surface area (Å²) < 4.78 is 0. The average Bonchev–Trinajstić information content (AvgIpc) is 2.61. The fourth-order valence-corrected chi connectivity index (χ4v) is 1.99. The van der Waals surface area contributed by atoms with Gasteiger partial charge in [0, 0.05) is 13.1 Å². The molecule has 14 heavy (non-hydrogen) atoms. The lowest BCUT2D eigenvalue weighted by Gasteiger charge is -2.20. The van der Waals surface area contributed by atoms with Crippen molar-refractivity contribution in [1.29, 1.82) is 0 Å². The molecule has 0 bridgehead atoms. The van der Waals surface area contributed by atoms with Gasteiger partial charge in [0.2, 0.25) is 5.91 Å². The Morgan fingerprint density at radius 3 is 2.86 bits per heavy atom. The molecule has 4 nitrogen and oxygen atoms in total. The highest BCUT2D eigenvalue weighted by molar-refractivity contribution is 5.80. The summed E-state index contributed by atoms with van der Waals surface area (Å²) in [4.78, 5) is 13.3. The molecule has 0 radical (unpaired) electrons. The summed E-state index contributed by atoms with van der Waals surface area (Å²) in [7, 11) is 1.78. The molecule has 1 rings (SSSR count). The van der Waals surface area contributed by atoms with Crippen LogP contribution in [0.15, 0.2) is 0 Å². The van der Waals surface area contributed by atoms with E-state index in [2.05, 4.69) is 17.1 Å². The highest BCUT2D eigenvalue weighted by Crippen LogP contribution is 2.18. The van der Waals surface area contributed by atoms with Gasteiger partial charge in [-0.05, 0) is 25.9 Å². The lowest BCUT2D eigenvalue weighted by molar-refractivity contribution is -0.120. The number of hydrogen-bond donors (Lipinski definition) is 2. The predicted octanol–water partition coefficient (Wildman–Crippen LogP) is -0.208. The Morgan fingerprint density at radius 2 is 2.43 bits per heavy atom. The van der Waals surface area contributed by atoms with Crippen LogP contribution in [-0.4, -0.2) is 43.5 Å². The number of carbonyl (C=O) groups excluding carboxylic acids is 1. The average molecular weight is 199 g/mol. The Hall–Kier alpha value is -0.610. The SMILES string of the molecule is CCC1CCN(CC(NC)C(N)=O)C1. The van der Waals surface area contributed by atoms with Crippen LogP contribution in [0.5, 0.6) is 0 Å². The van der Waals surface area contributed by atoms with Crippen molar-refractivity contribution < 1.29 is 4.79 Å². The number of carbonyl (C=O) groups is 1. The van der Waals surface area contributed by atoms with Gasteiger partial charge in [-0.2, -0.15) is 0 Å². The van der Waals surface area contributed by atoms with Crippen molar-refractivity contribution >= 4 is 5.91 Å². The van der Waals surface area contributed by atoms with E-state index in [1.54, 1.807) is 7.05 Å². The quantitative estimate of drug-likeness (QED) is 0.644. The van der Waals surface area contributed by atoms with Gasteiger partial charge in [-0.3, -0.25) is 4.79 Å². The maximum Gasteiger partial charge on any atom is 0.235 e. The predicted molar refractivity (Wildman–Crippen MR) is 56.9 cm³/mol. The second-order valence-electron chi connectivity index (χ2n) is 4.07. The molecule has 0 spiro atoms. The molecular weight excluding hydrogens is 178 g/mol. The third kappa shape index (κ3) is 2.96. The number of rotatable bonds is 5. The summed E-state index contributed by atoms with van der Waals surface area (Å²) in [5.41, 5.74) is 5.26. The third-order valence-corrected chi connectivity index (χ3v) is 3.08. The molecule has 0 aromatic heterocycles. The van der Waals surface area contributed by atoms with E-state index in [1.807, 2.05) is 0 Å². The molecule has 1 fully saturated rings. The van der Waals surface area contributed by atoms with Gasteiger partial charge in [-0.25, -0.2) is 0 Å². The van der Waals surface area contributed by atoms with Gasteiger partial charge in [0.1, 0.15) is 0 Å². The second kappa shape index (κ2) is 5.32. The van der Waals surface area contributed by atoms with Crippen molar-refractivity contribution in [2.75, 3.05) is 26.7 Å². The Bertz CT molecular complexity index is 196. The normalized spacial score (nSPS) is 25.1. The maximum absolute atomic E-state index is 11.0. The standard InChI is InChI=1S/C10H21N3O/c1-3-8-4-5-13(6-8)7-9(12-2)10(11)14/h8-9,12H,3-7H2,1-2H3,(H2,11,14). The third-order valence-electron chi connectivity index (χ3n) is 3.08. The van der Waals surface area contributed by atoms with Crippen LogP contribution >= 0.6 is 0 Å². The molecule has 1 aliphatic rings. The van der Waals surface area contributed by atoms with Crippen molar-refractivity contribution in [2.45, 2.75) is 25.8 Å². The number of amides is 1. The van der Waals surface area contributed by atoms with Crippen LogP contribution in [0.1, 0.15) is 19.8 Å². The number of nitrogens with zero attached hydrogens (tertiary/aromatic N) is 1. The summed E-state index contributed by atoms with van der Waals surface area (Å²) in [6.45, 7) is 5.19. The van der Waals surface area contributed by atoms with Crippen molar-refractivity contribution in [2.24, 2.45) is 11.7 Å². The lowest BCUT2D eigenvalue weighted by atomic mass is 10.1. The first-order valence-corrected chi connectivity index (χ1v) is 5.36. The van der Waals surface area contributed by atoms with Crippen LogP contribution in [0.25, 0.3) is 0 Å². The Labute approximate surface area is 85.8 Å². The minimum Gasteiger partial charge on any atom is -0.368 e. The summed E-state index contributed by atoms with van der Waals surface area (Å²) in [5.74, 6) is 0.549. The second-order valence-corrected chi connectivity index (χ2v) is 4.07. The van der Waals surface area contributed by atoms with E-state index in [-0.39, 0.29) is 11.9 Å². The Balaban J connectivity index is 2.33. The topological polar surface area (TPSA) is 58.4 Å². The van der Waals surface area contributed by atoms with Gasteiger partial charge in [0.25, 0.3) is 0 Å². The monoisotopic (exact) mass is 199 g/mol. The fourth-order valence-electron chi connectivity index (χ4n) is 1.99. The fraction of sp³-hybridized carbons (Fsp3) is 0.900. The van der Waals surface area contributed by atoms with Crippen molar-refractivity contribution in [3.8, 4) is 0 Å². The van der Waals surface area contributed by atoms with E-state index in [0.29, 0.717) is 0 Å². The molecule has 2 atom stereocenters. The van der Waals surface area contributed by atoms with Crippen LogP contribution < -0.4 is 11.1 Å². The van der Waals surface area contributed by atoms with E-state index in [0.717, 1.165) is 25.6 Å². The first-order chi connectivity index (χ1) is 6.67. The first kappa shape index (κ1) is 11.5. The zero-order valence-corrected chi connectivity index (χ0v) is 9.12. The molecular formula is C10H21N3O. The molecule has 2 unspecified atom stereocenters. The summed E-state index contributed by atoms with van der Waals surface area (Å²) in [6.07, 6.45) is 2.49.